The summed E-state index contributed by atoms with van der Waals surface area (Å²) >= 11 is 0. The Balaban J connectivity index is 2.14. The van der Waals surface area contributed by atoms with Gasteiger partial charge >= 0.3 is 0 Å². The van der Waals surface area contributed by atoms with Crippen LogP contribution < -0.4 is 5.73 Å². The van der Waals surface area contributed by atoms with E-state index >= 15 is 0 Å². The van der Waals surface area contributed by atoms with Crippen molar-refractivity contribution in [3.8, 4) is 0 Å². The molecule has 84 valence electrons. The molecule has 14 heavy (non-hydrogen) atoms. The Labute approximate surface area is 86.0 Å². The van der Waals surface area contributed by atoms with E-state index in [1.807, 2.05) is 7.05 Å². The minimum Gasteiger partial charge on any atom is -0.395 e. The number of hydrogen-bond acceptors (Lipinski definition) is 4. The number of aliphatic hydroxyl groups excluding tert-OH is 1. The second-order valence-corrected chi connectivity index (χ2v) is 4.15. The third-order valence-electron chi connectivity index (χ3n) is 2.57. The van der Waals surface area contributed by atoms with E-state index in [0.29, 0.717) is 6.10 Å². The summed E-state index contributed by atoms with van der Waals surface area (Å²) in [5.74, 6) is 0. The zero-order valence-electron chi connectivity index (χ0n) is 8.98. The maximum Gasteiger partial charge on any atom is 0.0701 e. The Hall–Kier alpha value is -0.160. The van der Waals surface area contributed by atoms with Crippen LogP contribution in [0.5, 0.6) is 0 Å². The molecule has 4 nitrogen and oxygen atoms in total. The second kappa shape index (κ2) is 6.35. The molecule has 0 aromatic carbocycles. The average molecular weight is 202 g/mol. The molecule has 0 saturated carbocycles. The predicted octanol–water partition coefficient (Wildman–Crippen LogP) is -0.193. The first kappa shape index (κ1) is 11.9. The van der Waals surface area contributed by atoms with Crippen LogP contribution in [0.1, 0.15) is 19.3 Å². The molecule has 3 N–H and O–H groups in total. The van der Waals surface area contributed by atoms with Gasteiger partial charge in [-0.15, -0.1) is 0 Å². The van der Waals surface area contributed by atoms with Gasteiger partial charge in [0.05, 0.1) is 12.7 Å². The van der Waals surface area contributed by atoms with Crippen LogP contribution in [-0.4, -0.2) is 55.5 Å². The predicted molar refractivity (Wildman–Crippen MR) is 56.1 cm³/mol. The van der Waals surface area contributed by atoms with E-state index in [1.54, 1.807) is 0 Å². The van der Waals surface area contributed by atoms with Gasteiger partial charge in [0.15, 0.2) is 0 Å². The Morgan fingerprint density at radius 3 is 2.93 bits per heavy atom. The second-order valence-electron chi connectivity index (χ2n) is 4.15. The van der Waals surface area contributed by atoms with E-state index < -0.39 is 0 Å². The standard InChI is InChI=1S/C10H22N2O2/c1-12(6-9(11)8-13)7-10-4-2-3-5-14-10/h9-10,13H,2-8,11H2,1H3. The van der Waals surface area contributed by atoms with Crippen molar-refractivity contribution in [2.75, 3.05) is 33.4 Å². The Morgan fingerprint density at radius 1 is 1.57 bits per heavy atom. The van der Waals surface area contributed by atoms with Gasteiger partial charge in [-0.2, -0.15) is 0 Å². The molecule has 0 amide bonds. The van der Waals surface area contributed by atoms with Gasteiger partial charge in [0, 0.05) is 25.7 Å². The van der Waals surface area contributed by atoms with E-state index in [-0.39, 0.29) is 12.6 Å². The van der Waals surface area contributed by atoms with Crippen LogP contribution >= 0.6 is 0 Å². The lowest BCUT2D eigenvalue weighted by molar-refractivity contribution is -0.00281. The van der Waals surface area contributed by atoms with Crippen LogP contribution in [0.25, 0.3) is 0 Å². The topological polar surface area (TPSA) is 58.7 Å². The normalized spacial score (nSPS) is 25.3. The maximum absolute atomic E-state index is 8.81. The lowest BCUT2D eigenvalue weighted by Gasteiger charge is -2.28. The van der Waals surface area contributed by atoms with Gasteiger partial charge in [0.25, 0.3) is 0 Å². The molecule has 1 aliphatic rings. The number of hydrogen-bond donors (Lipinski definition) is 2. The summed E-state index contributed by atoms with van der Waals surface area (Å²) in [6.07, 6.45) is 3.97. The largest absolute Gasteiger partial charge is 0.395 e. The molecule has 0 aliphatic carbocycles. The number of rotatable bonds is 5. The van der Waals surface area contributed by atoms with Crippen molar-refractivity contribution in [2.45, 2.75) is 31.4 Å². The summed E-state index contributed by atoms with van der Waals surface area (Å²) < 4.78 is 5.62. The minimum atomic E-state index is -0.136. The highest BCUT2D eigenvalue weighted by Gasteiger charge is 2.16. The van der Waals surface area contributed by atoms with E-state index in [1.165, 1.54) is 12.8 Å². The number of nitrogens with zero attached hydrogens (tertiary/aromatic N) is 1. The molecule has 4 heteroatoms. The van der Waals surface area contributed by atoms with Gasteiger partial charge in [0.1, 0.15) is 0 Å². The first-order valence-electron chi connectivity index (χ1n) is 5.39. The minimum absolute atomic E-state index is 0.0515. The molecule has 0 radical (unpaired) electrons. The summed E-state index contributed by atoms with van der Waals surface area (Å²) in [5, 5.41) is 8.81. The fourth-order valence-electron chi connectivity index (χ4n) is 1.83. The first-order chi connectivity index (χ1) is 6.72. The molecule has 1 rings (SSSR count). The van der Waals surface area contributed by atoms with Crippen LogP contribution in [0.15, 0.2) is 0 Å². The van der Waals surface area contributed by atoms with Gasteiger partial charge < -0.3 is 20.5 Å². The summed E-state index contributed by atoms with van der Waals surface area (Å²) in [7, 11) is 2.02. The van der Waals surface area contributed by atoms with E-state index in [2.05, 4.69) is 4.90 Å². The van der Waals surface area contributed by atoms with Crippen LogP contribution in [0.3, 0.4) is 0 Å². The van der Waals surface area contributed by atoms with E-state index in [9.17, 15) is 0 Å². The van der Waals surface area contributed by atoms with Crippen LogP contribution in [0.2, 0.25) is 0 Å². The van der Waals surface area contributed by atoms with Crippen molar-refractivity contribution >= 4 is 0 Å². The molecular formula is C10H22N2O2. The molecule has 1 saturated heterocycles. The van der Waals surface area contributed by atoms with Gasteiger partial charge in [0.2, 0.25) is 0 Å². The van der Waals surface area contributed by atoms with Crippen molar-refractivity contribution in [1.82, 2.24) is 4.90 Å². The highest BCUT2D eigenvalue weighted by molar-refractivity contribution is 4.70. The number of likely N-dealkylation sites (N-methyl/N-ethyl adjacent to an activating group) is 1. The Bertz CT molecular complexity index is 149. The van der Waals surface area contributed by atoms with Gasteiger partial charge in [-0.05, 0) is 26.3 Å². The summed E-state index contributed by atoms with van der Waals surface area (Å²) in [6.45, 7) is 2.60. The molecule has 2 unspecified atom stereocenters. The molecule has 1 heterocycles. The Kier molecular flexibility index (Phi) is 5.40. The monoisotopic (exact) mass is 202 g/mol. The summed E-state index contributed by atoms with van der Waals surface area (Å²) in [6, 6.07) is -0.136. The van der Waals surface area contributed by atoms with E-state index in [0.717, 1.165) is 26.1 Å². The fourth-order valence-corrected chi connectivity index (χ4v) is 1.83. The molecule has 0 spiro atoms. The van der Waals surface area contributed by atoms with Crippen LogP contribution in [0.4, 0.5) is 0 Å². The van der Waals surface area contributed by atoms with Crippen LogP contribution in [0, 0.1) is 0 Å². The molecule has 0 bridgehead atoms. The van der Waals surface area contributed by atoms with Gasteiger partial charge in [-0.1, -0.05) is 0 Å². The number of nitrogens with two attached hydrogens (primary N) is 1. The molecule has 1 aliphatic heterocycles. The number of ether oxygens (including phenoxy) is 1. The number of aliphatic hydroxyl groups is 1. The summed E-state index contributed by atoms with van der Waals surface area (Å²) in [4.78, 5) is 2.14. The quantitative estimate of drug-likeness (QED) is 0.648. The third kappa shape index (κ3) is 4.37. The van der Waals surface area contributed by atoms with Crippen molar-refractivity contribution in [3.05, 3.63) is 0 Å². The molecule has 0 aromatic heterocycles. The molecular weight excluding hydrogens is 180 g/mol. The third-order valence-corrected chi connectivity index (χ3v) is 2.57. The maximum atomic E-state index is 8.81. The van der Waals surface area contributed by atoms with Gasteiger partial charge in [-0.25, -0.2) is 0 Å². The summed E-state index contributed by atoms with van der Waals surface area (Å²) in [5.41, 5.74) is 5.65. The van der Waals surface area contributed by atoms with Crippen molar-refractivity contribution < 1.29 is 9.84 Å². The Morgan fingerprint density at radius 2 is 2.36 bits per heavy atom. The van der Waals surface area contributed by atoms with Crippen molar-refractivity contribution in [2.24, 2.45) is 5.73 Å². The fraction of sp³-hybridized carbons (Fsp3) is 1.00. The van der Waals surface area contributed by atoms with Crippen molar-refractivity contribution in [3.63, 3.8) is 0 Å². The van der Waals surface area contributed by atoms with Crippen molar-refractivity contribution in [1.29, 1.82) is 0 Å². The lowest BCUT2D eigenvalue weighted by atomic mass is 10.1. The zero-order valence-corrected chi connectivity index (χ0v) is 8.98. The molecule has 1 fully saturated rings. The molecule has 0 aromatic rings. The highest BCUT2D eigenvalue weighted by atomic mass is 16.5. The smallest absolute Gasteiger partial charge is 0.0701 e. The zero-order chi connectivity index (χ0) is 10.4. The molecule has 2 atom stereocenters. The average Bonchev–Trinajstić information content (AvgIpc) is 2.19. The first-order valence-corrected chi connectivity index (χ1v) is 5.39. The van der Waals surface area contributed by atoms with E-state index in [4.69, 9.17) is 15.6 Å². The highest BCUT2D eigenvalue weighted by Crippen LogP contribution is 2.13. The van der Waals surface area contributed by atoms with Crippen LogP contribution in [-0.2, 0) is 4.74 Å². The SMILES string of the molecule is CN(CC(N)CO)CC1CCCCO1. The lowest BCUT2D eigenvalue weighted by Crippen LogP contribution is -2.42. The van der Waals surface area contributed by atoms with Gasteiger partial charge in [-0.3, -0.25) is 0 Å².